The Morgan fingerprint density at radius 2 is 2.20 bits per heavy atom. The third-order valence-corrected chi connectivity index (χ3v) is 3.42. The van der Waals surface area contributed by atoms with Crippen LogP contribution in [-0.2, 0) is 6.54 Å². The van der Waals surface area contributed by atoms with Gasteiger partial charge in [0.25, 0.3) is 0 Å². The third kappa shape index (κ3) is 4.86. The monoisotopic (exact) mass is 271 g/mol. The molecule has 0 atom stereocenters. The highest BCUT2D eigenvalue weighted by Crippen LogP contribution is 2.31. The van der Waals surface area contributed by atoms with E-state index in [9.17, 15) is 0 Å². The lowest BCUT2D eigenvalue weighted by molar-refractivity contribution is 0.421. The van der Waals surface area contributed by atoms with Crippen molar-refractivity contribution in [3.63, 3.8) is 0 Å². The van der Waals surface area contributed by atoms with Crippen molar-refractivity contribution in [3.05, 3.63) is 24.0 Å². The average molecular weight is 271 g/mol. The Labute approximate surface area is 122 Å². The van der Waals surface area contributed by atoms with Gasteiger partial charge in [0.1, 0.15) is 0 Å². The molecule has 3 nitrogen and oxygen atoms in total. The van der Waals surface area contributed by atoms with E-state index in [-0.39, 0.29) is 5.54 Å². The molecule has 108 valence electrons. The molecule has 0 radical (unpaired) electrons. The molecule has 1 aromatic rings. The molecule has 1 aliphatic carbocycles. The average Bonchev–Trinajstić information content (AvgIpc) is 3.19. The number of pyridine rings is 1. The fraction of sp³-hybridized carbons (Fsp3) is 0.588. The highest BCUT2D eigenvalue weighted by Gasteiger charge is 2.24. The fourth-order valence-electron chi connectivity index (χ4n) is 2.10. The van der Waals surface area contributed by atoms with Gasteiger partial charge in [-0.15, -0.1) is 6.42 Å². The second-order valence-corrected chi connectivity index (χ2v) is 6.64. The van der Waals surface area contributed by atoms with Gasteiger partial charge in [-0.1, -0.05) is 5.92 Å². The number of hydrogen-bond donors (Lipinski definition) is 1. The lowest BCUT2D eigenvalue weighted by Crippen LogP contribution is -2.35. The van der Waals surface area contributed by atoms with E-state index in [0.717, 1.165) is 24.7 Å². The van der Waals surface area contributed by atoms with E-state index in [4.69, 9.17) is 6.42 Å². The Morgan fingerprint density at radius 3 is 2.80 bits per heavy atom. The van der Waals surface area contributed by atoms with E-state index >= 15 is 0 Å². The minimum Gasteiger partial charge on any atom is -0.360 e. The molecule has 2 rings (SSSR count). The van der Waals surface area contributed by atoms with Gasteiger partial charge in [-0.2, -0.15) is 0 Å². The molecule has 0 amide bonds. The molecule has 1 saturated carbocycles. The highest BCUT2D eigenvalue weighted by atomic mass is 15.1. The molecule has 1 heterocycles. The first-order valence-electron chi connectivity index (χ1n) is 7.36. The molecule has 0 unspecified atom stereocenters. The van der Waals surface area contributed by atoms with Gasteiger partial charge >= 0.3 is 0 Å². The van der Waals surface area contributed by atoms with Crippen LogP contribution in [0.15, 0.2) is 18.3 Å². The van der Waals surface area contributed by atoms with Gasteiger partial charge in [0, 0.05) is 30.5 Å². The Morgan fingerprint density at radius 1 is 1.45 bits per heavy atom. The summed E-state index contributed by atoms with van der Waals surface area (Å²) in [5.41, 5.74) is 2.36. The molecular weight excluding hydrogens is 246 g/mol. The maximum Gasteiger partial charge on any atom is 0.0791 e. The largest absolute Gasteiger partial charge is 0.360 e. The van der Waals surface area contributed by atoms with E-state index in [0.29, 0.717) is 6.54 Å². The van der Waals surface area contributed by atoms with Gasteiger partial charge in [0.05, 0.1) is 12.2 Å². The number of anilines is 1. The quantitative estimate of drug-likeness (QED) is 0.806. The van der Waals surface area contributed by atoms with Gasteiger partial charge in [-0.3, -0.25) is 4.98 Å². The molecule has 0 spiro atoms. The van der Waals surface area contributed by atoms with Crippen molar-refractivity contribution in [1.29, 1.82) is 0 Å². The van der Waals surface area contributed by atoms with Gasteiger partial charge in [0.2, 0.25) is 0 Å². The van der Waals surface area contributed by atoms with Crippen molar-refractivity contribution in [3.8, 4) is 12.3 Å². The van der Waals surface area contributed by atoms with Crippen molar-refractivity contribution in [2.45, 2.75) is 45.7 Å². The minimum absolute atomic E-state index is 0.101. The Kier molecular flexibility index (Phi) is 4.67. The van der Waals surface area contributed by atoms with Gasteiger partial charge in [0.15, 0.2) is 0 Å². The second-order valence-electron chi connectivity index (χ2n) is 6.64. The number of nitrogens with one attached hydrogen (secondary N) is 1. The first kappa shape index (κ1) is 14.9. The maximum atomic E-state index is 5.50. The standard InChI is InChI=1S/C17H25N3/c1-5-10-20(13-14-6-7-14)16-8-9-18-15(11-16)12-19-17(2,3)4/h1,8-9,11,14,19H,6-7,10,12-13H2,2-4H3. The molecular formula is C17H25N3. The predicted octanol–water partition coefficient (Wildman–Crippen LogP) is 2.82. The summed E-state index contributed by atoms with van der Waals surface area (Å²) >= 11 is 0. The smallest absolute Gasteiger partial charge is 0.0791 e. The van der Waals surface area contributed by atoms with Crippen molar-refractivity contribution < 1.29 is 0 Å². The summed E-state index contributed by atoms with van der Waals surface area (Å²) in [6.45, 7) is 9.01. The second kappa shape index (κ2) is 6.28. The third-order valence-electron chi connectivity index (χ3n) is 3.42. The van der Waals surface area contributed by atoms with Crippen molar-refractivity contribution in [1.82, 2.24) is 10.3 Å². The van der Waals surface area contributed by atoms with Gasteiger partial charge < -0.3 is 10.2 Å². The molecule has 20 heavy (non-hydrogen) atoms. The van der Waals surface area contributed by atoms with Crippen molar-refractivity contribution in [2.24, 2.45) is 5.92 Å². The summed E-state index contributed by atoms with van der Waals surface area (Å²) in [7, 11) is 0. The SMILES string of the molecule is C#CCN(CC1CC1)c1ccnc(CNC(C)(C)C)c1. The van der Waals surface area contributed by atoms with E-state index in [2.05, 4.69) is 54.0 Å². The molecule has 0 bridgehead atoms. The van der Waals surface area contributed by atoms with Crippen LogP contribution in [0.1, 0.15) is 39.3 Å². The summed E-state index contributed by atoms with van der Waals surface area (Å²) in [5.74, 6) is 3.59. The normalized spacial score (nSPS) is 14.9. The lowest BCUT2D eigenvalue weighted by atomic mass is 10.1. The first-order valence-corrected chi connectivity index (χ1v) is 7.36. The molecule has 1 fully saturated rings. The van der Waals surface area contributed by atoms with Crippen LogP contribution >= 0.6 is 0 Å². The molecule has 0 saturated heterocycles. The van der Waals surface area contributed by atoms with Crippen LogP contribution < -0.4 is 10.2 Å². The number of rotatable bonds is 6. The number of nitrogens with zero attached hydrogens (tertiary/aromatic N) is 2. The van der Waals surface area contributed by atoms with E-state index < -0.39 is 0 Å². The summed E-state index contributed by atoms with van der Waals surface area (Å²) < 4.78 is 0. The molecule has 1 aliphatic rings. The molecule has 1 N–H and O–H groups in total. The van der Waals surface area contributed by atoms with Crippen molar-refractivity contribution in [2.75, 3.05) is 18.0 Å². The number of hydrogen-bond acceptors (Lipinski definition) is 3. The van der Waals surface area contributed by atoms with Crippen LogP contribution in [0, 0.1) is 18.3 Å². The van der Waals surface area contributed by atoms with Crippen LogP contribution in [0.3, 0.4) is 0 Å². The molecule has 0 aliphatic heterocycles. The van der Waals surface area contributed by atoms with Crippen LogP contribution in [0.2, 0.25) is 0 Å². The Hall–Kier alpha value is -1.53. The minimum atomic E-state index is 0.101. The molecule has 3 heteroatoms. The fourth-order valence-corrected chi connectivity index (χ4v) is 2.10. The summed E-state index contributed by atoms with van der Waals surface area (Å²) in [5, 5.41) is 3.47. The summed E-state index contributed by atoms with van der Waals surface area (Å²) in [6, 6.07) is 4.21. The zero-order valence-corrected chi connectivity index (χ0v) is 12.8. The number of aromatic nitrogens is 1. The summed E-state index contributed by atoms with van der Waals surface area (Å²) in [6.07, 6.45) is 10.1. The predicted molar refractivity (Wildman–Crippen MR) is 84.6 cm³/mol. The topological polar surface area (TPSA) is 28.2 Å². The van der Waals surface area contributed by atoms with Gasteiger partial charge in [-0.05, 0) is 51.7 Å². The highest BCUT2D eigenvalue weighted by molar-refractivity contribution is 5.48. The van der Waals surface area contributed by atoms with E-state index in [1.807, 2.05) is 6.20 Å². The molecule has 0 aromatic carbocycles. The van der Waals surface area contributed by atoms with Gasteiger partial charge in [-0.25, -0.2) is 0 Å². The van der Waals surface area contributed by atoms with Crippen LogP contribution in [0.25, 0.3) is 0 Å². The van der Waals surface area contributed by atoms with E-state index in [1.165, 1.54) is 18.5 Å². The van der Waals surface area contributed by atoms with Crippen LogP contribution in [0.5, 0.6) is 0 Å². The first-order chi connectivity index (χ1) is 9.48. The van der Waals surface area contributed by atoms with Crippen molar-refractivity contribution >= 4 is 5.69 Å². The maximum absolute atomic E-state index is 5.50. The number of terminal acetylenes is 1. The zero-order valence-electron chi connectivity index (χ0n) is 12.8. The van der Waals surface area contributed by atoms with Crippen LogP contribution in [-0.4, -0.2) is 23.6 Å². The summed E-state index contributed by atoms with van der Waals surface area (Å²) in [4.78, 5) is 6.73. The lowest BCUT2D eigenvalue weighted by Gasteiger charge is -2.24. The molecule has 1 aromatic heterocycles. The van der Waals surface area contributed by atoms with E-state index in [1.54, 1.807) is 0 Å². The van der Waals surface area contributed by atoms with Crippen LogP contribution in [0.4, 0.5) is 5.69 Å². The zero-order chi connectivity index (χ0) is 14.6. The Bertz CT molecular complexity index is 478. The Balaban J connectivity index is 2.04.